The Bertz CT molecular complexity index is 716. The molecule has 2 atom stereocenters. The van der Waals surface area contributed by atoms with E-state index < -0.39 is 0 Å². The topological polar surface area (TPSA) is 72.4 Å². The molecule has 2 aromatic rings. The lowest BCUT2D eigenvalue weighted by Gasteiger charge is -2.21. The second kappa shape index (κ2) is 7.36. The Balaban J connectivity index is 1.60. The summed E-state index contributed by atoms with van der Waals surface area (Å²) in [6.07, 6.45) is 3.52. The van der Waals surface area contributed by atoms with E-state index in [-0.39, 0.29) is 11.9 Å². The maximum absolute atomic E-state index is 12.4. The highest BCUT2D eigenvalue weighted by Crippen LogP contribution is 2.28. The van der Waals surface area contributed by atoms with E-state index in [0.717, 1.165) is 18.5 Å². The molecule has 1 aromatic carbocycles. The van der Waals surface area contributed by atoms with Crippen molar-refractivity contribution in [1.82, 2.24) is 9.88 Å². The molecule has 1 amide bonds. The Morgan fingerprint density at radius 1 is 1.46 bits per heavy atom. The van der Waals surface area contributed by atoms with Crippen molar-refractivity contribution in [2.24, 2.45) is 11.7 Å². The van der Waals surface area contributed by atoms with Gasteiger partial charge in [-0.05, 0) is 37.9 Å². The molecular weight excluding hydrogens is 326 g/mol. The van der Waals surface area contributed by atoms with Gasteiger partial charge in [0, 0.05) is 31.0 Å². The minimum absolute atomic E-state index is 0.135. The van der Waals surface area contributed by atoms with Crippen LogP contribution in [-0.4, -0.2) is 34.9 Å². The molecule has 1 aliphatic rings. The lowest BCUT2D eigenvalue weighted by Crippen LogP contribution is -2.34. The first-order valence-electron chi connectivity index (χ1n) is 8.27. The third kappa shape index (κ3) is 3.62. The molecule has 1 saturated heterocycles. The zero-order chi connectivity index (χ0) is 17.1. The highest BCUT2D eigenvalue weighted by atomic mass is 35.5. The monoisotopic (exact) mass is 347 g/mol. The fraction of sp³-hybridized carbons (Fsp3) is 0.444. The SMILES string of the molecule is CC1CC(CN)CN1C(=O)CCc1ncc(-c2ccccc2Cl)o1. The largest absolute Gasteiger partial charge is 0.441 e. The molecular formula is C18H22ClN3O2. The van der Waals surface area contributed by atoms with Crippen LogP contribution in [0.4, 0.5) is 0 Å². The van der Waals surface area contributed by atoms with Crippen LogP contribution < -0.4 is 5.73 Å². The van der Waals surface area contributed by atoms with Gasteiger partial charge in [-0.2, -0.15) is 0 Å². The number of benzene rings is 1. The van der Waals surface area contributed by atoms with Gasteiger partial charge in [-0.3, -0.25) is 4.79 Å². The summed E-state index contributed by atoms with van der Waals surface area (Å²) in [4.78, 5) is 18.6. The number of nitrogens with zero attached hydrogens (tertiary/aromatic N) is 2. The van der Waals surface area contributed by atoms with Crippen molar-refractivity contribution in [2.75, 3.05) is 13.1 Å². The van der Waals surface area contributed by atoms with Gasteiger partial charge in [0.05, 0.1) is 11.2 Å². The van der Waals surface area contributed by atoms with Crippen LogP contribution >= 0.6 is 11.6 Å². The van der Waals surface area contributed by atoms with Gasteiger partial charge in [-0.1, -0.05) is 23.7 Å². The molecule has 0 saturated carbocycles. The van der Waals surface area contributed by atoms with Crippen molar-refractivity contribution < 1.29 is 9.21 Å². The third-order valence-electron chi connectivity index (χ3n) is 4.56. The zero-order valence-electron chi connectivity index (χ0n) is 13.7. The van der Waals surface area contributed by atoms with Gasteiger partial charge in [0.15, 0.2) is 11.7 Å². The molecule has 2 N–H and O–H groups in total. The molecule has 1 aliphatic heterocycles. The highest BCUT2D eigenvalue weighted by molar-refractivity contribution is 6.33. The summed E-state index contributed by atoms with van der Waals surface area (Å²) in [5.74, 6) is 1.73. The standard InChI is InChI=1S/C18H22ClN3O2/c1-12-8-13(9-20)11-22(12)18(23)7-6-17-21-10-16(24-17)14-4-2-3-5-15(14)19/h2-5,10,12-13H,6-9,11,20H2,1H3. The molecule has 1 fully saturated rings. The average Bonchev–Trinajstić information content (AvgIpc) is 3.19. The van der Waals surface area contributed by atoms with E-state index >= 15 is 0 Å². The van der Waals surface area contributed by atoms with Crippen molar-refractivity contribution in [1.29, 1.82) is 0 Å². The molecule has 1 aromatic heterocycles. The number of rotatable bonds is 5. The summed E-state index contributed by atoms with van der Waals surface area (Å²) >= 11 is 6.17. The van der Waals surface area contributed by atoms with Crippen LogP contribution in [0.5, 0.6) is 0 Å². The van der Waals surface area contributed by atoms with Gasteiger partial charge >= 0.3 is 0 Å². The van der Waals surface area contributed by atoms with Gasteiger partial charge in [0.2, 0.25) is 5.91 Å². The number of likely N-dealkylation sites (tertiary alicyclic amines) is 1. The molecule has 3 rings (SSSR count). The number of halogens is 1. The van der Waals surface area contributed by atoms with Crippen LogP contribution in [0.25, 0.3) is 11.3 Å². The lowest BCUT2D eigenvalue weighted by atomic mass is 10.1. The summed E-state index contributed by atoms with van der Waals surface area (Å²) < 4.78 is 5.75. The number of hydrogen-bond acceptors (Lipinski definition) is 4. The van der Waals surface area contributed by atoms with Gasteiger partial charge in [0.1, 0.15) is 0 Å². The number of aromatic nitrogens is 1. The molecule has 2 unspecified atom stereocenters. The van der Waals surface area contributed by atoms with Gasteiger partial charge < -0.3 is 15.1 Å². The first-order valence-corrected chi connectivity index (χ1v) is 8.65. The average molecular weight is 348 g/mol. The second-order valence-electron chi connectivity index (χ2n) is 6.33. The van der Waals surface area contributed by atoms with Crippen LogP contribution in [0.2, 0.25) is 5.02 Å². The number of amides is 1. The number of hydrogen-bond donors (Lipinski definition) is 1. The van der Waals surface area contributed by atoms with E-state index in [9.17, 15) is 4.79 Å². The third-order valence-corrected chi connectivity index (χ3v) is 4.89. The molecule has 0 radical (unpaired) electrons. The quantitative estimate of drug-likeness (QED) is 0.901. The molecule has 128 valence electrons. The molecule has 6 heteroatoms. The summed E-state index contributed by atoms with van der Waals surface area (Å²) in [6, 6.07) is 7.72. The lowest BCUT2D eigenvalue weighted by molar-refractivity contribution is -0.131. The van der Waals surface area contributed by atoms with Crippen LogP contribution in [0, 0.1) is 5.92 Å². The second-order valence-corrected chi connectivity index (χ2v) is 6.74. The molecule has 2 heterocycles. The number of aryl methyl sites for hydroxylation is 1. The molecule has 5 nitrogen and oxygen atoms in total. The van der Waals surface area contributed by atoms with Gasteiger partial charge in [0.25, 0.3) is 0 Å². The number of oxazole rings is 1. The highest BCUT2D eigenvalue weighted by Gasteiger charge is 2.31. The van der Waals surface area contributed by atoms with E-state index in [4.69, 9.17) is 21.8 Å². The Kier molecular flexibility index (Phi) is 5.21. The van der Waals surface area contributed by atoms with Crippen molar-refractivity contribution in [3.05, 3.63) is 41.4 Å². The van der Waals surface area contributed by atoms with Crippen molar-refractivity contribution >= 4 is 17.5 Å². The Morgan fingerprint density at radius 2 is 2.25 bits per heavy atom. The Hall–Kier alpha value is -1.85. The predicted octanol–water partition coefficient (Wildman–Crippen LogP) is 3.12. The smallest absolute Gasteiger partial charge is 0.223 e. The molecule has 0 spiro atoms. The maximum atomic E-state index is 12.4. The van der Waals surface area contributed by atoms with Crippen LogP contribution in [-0.2, 0) is 11.2 Å². The number of carbonyl (C=O) groups excluding carboxylic acids is 1. The maximum Gasteiger partial charge on any atom is 0.223 e. The van der Waals surface area contributed by atoms with Crippen molar-refractivity contribution in [3.63, 3.8) is 0 Å². The van der Waals surface area contributed by atoms with Gasteiger partial charge in [-0.25, -0.2) is 4.98 Å². The molecule has 0 bridgehead atoms. The number of carbonyl (C=O) groups is 1. The summed E-state index contributed by atoms with van der Waals surface area (Å²) in [5, 5.41) is 0.620. The molecule has 0 aliphatic carbocycles. The summed E-state index contributed by atoms with van der Waals surface area (Å²) in [7, 11) is 0. The van der Waals surface area contributed by atoms with E-state index in [0.29, 0.717) is 42.0 Å². The summed E-state index contributed by atoms with van der Waals surface area (Å²) in [5.41, 5.74) is 6.53. The van der Waals surface area contributed by atoms with Crippen LogP contribution in [0.1, 0.15) is 25.7 Å². The Labute approximate surface area is 146 Å². The van der Waals surface area contributed by atoms with Crippen LogP contribution in [0.15, 0.2) is 34.9 Å². The van der Waals surface area contributed by atoms with E-state index in [2.05, 4.69) is 11.9 Å². The predicted molar refractivity (Wildman–Crippen MR) is 93.6 cm³/mol. The first kappa shape index (κ1) is 17.0. The van der Waals surface area contributed by atoms with E-state index in [1.165, 1.54) is 0 Å². The first-order chi connectivity index (χ1) is 11.6. The fourth-order valence-electron chi connectivity index (χ4n) is 3.23. The van der Waals surface area contributed by atoms with Crippen molar-refractivity contribution in [2.45, 2.75) is 32.2 Å². The van der Waals surface area contributed by atoms with Gasteiger partial charge in [-0.15, -0.1) is 0 Å². The van der Waals surface area contributed by atoms with Crippen LogP contribution in [0.3, 0.4) is 0 Å². The molecule has 24 heavy (non-hydrogen) atoms. The zero-order valence-corrected chi connectivity index (χ0v) is 14.5. The van der Waals surface area contributed by atoms with E-state index in [1.807, 2.05) is 29.2 Å². The fourth-order valence-corrected chi connectivity index (χ4v) is 3.46. The Morgan fingerprint density at radius 3 is 2.96 bits per heavy atom. The van der Waals surface area contributed by atoms with E-state index in [1.54, 1.807) is 6.20 Å². The minimum atomic E-state index is 0.135. The normalized spacial score (nSPS) is 20.5. The summed E-state index contributed by atoms with van der Waals surface area (Å²) in [6.45, 7) is 3.47. The van der Waals surface area contributed by atoms with Crippen molar-refractivity contribution in [3.8, 4) is 11.3 Å². The minimum Gasteiger partial charge on any atom is -0.441 e. The number of nitrogens with two attached hydrogens (primary N) is 1.